The van der Waals surface area contributed by atoms with Gasteiger partial charge in [-0.3, -0.25) is 4.79 Å². The van der Waals surface area contributed by atoms with Gasteiger partial charge in [-0.25, -0.2) is 0 Å². The number of nitrogens with zero attached hydrogens (tertiary/aromatic N) is 3. The number of amides is 1. The molecular formula is C23H24N4O2. The summed E-state index contributed by atoms with van der Waals surface area (Å²) in [6, 6.07) is 22.6. The fraction of sp³-hybridized carbons (Fsp3) is 0.261. The molecule has 1 fully saturated rings. The first kappa shape index (κ1) is 19.1. The topological polar surface area (TPSA) is 78.4 Å². The van der Waals surface area contributed by atoms with Gasteiger partial charge in [-0.15, -0.1) is 10.2 Å². The van der Waals surface area contributed by atoms with Crippen LogP contribution in [0.2, 0.25) is 0 Å². The second kappa shape index (κ2) is 8.84. The van der Waals surface area contributed by atoms with E-state index in [0.717, 1.165) is 43.0 Å². The van der Waals surface area contributed by atoms with Crippen molar-refractivity contribution in [3.05, 3.63) is 84.1 Å². The summed E-state index contributed by atoms with van der Waals surface area (Å²) in [4.78, 5) is 14.5. The number of benzene rings is 2. The van der Waals surface area contributed by atoms with Gasteiger partial charge >= 0.3 is 0 Å². The zero-order chi connectivity index (χ0) is 20.1. The molecule has 148 valence electrons. The van der Waals surface area contributed by atoms with Gasteiger partial charge in [-0.05, 0) is 48.6 Å². The second-order valence-corrected chi connectivity index (χ2v) is 7.28. The quantitative estimate of drug-likeness (QED) is 0.697. The minimum absolute atomic E-state index is 0.234. The summed E-state index contributed by atoms with van der Waals surface area (Å²) in [7, 11) is 0. The van der Waals surface area contributed by atoms with Gasteiger partial charge < -0.3 is 15.3 Å². The van der Waals surface area contributed by atoms with Crippen LogP contribution in [-0.2, 0) is 0 Å². The summed E-state index contributed by atoms with van der Waals surface area (Å²) < 4.78 is 0. The van der Waals surface area contributed by atoms with E-state index in [1.165, 1.54) is 0 Å². The number of para-hydroxylation sites is 1. The monoisotopic (exact) mass is 388 g/mol. The van der Waals surface area contributed by atoms with Gasteiger partial charge in [-0.2, -0.15) is 0 Å². The molecule has 0 radical (unpaired) electrons. The Morgan fingerprint density at radius 3 is 2.21 bits per heavy atom. The van der Waals surface area contributed by atoms with Gasteiger partial charge in [0.1, 0.15) is 0 Å². The molecule has 6 heteroatoms. The Bertz CT molecular complexity index is 924. The Balaban J connectivity index is 1.34. The van der Waals surface area contributed by atoms with E-state index in [1.807, 2.05) is 66.7 Å². The van der Waals surface area contributed by atoms with Gasteiger partial charge in [0.25, 0.3) is 5.91 Å². The summed E-state index contributed by atoms with van der Waals surface area (Å²) in [6.45, 7) is 1.61. The molecular weight excluding hydrogens is 364 g/mol. The highest BCUT2D eigenvalue weighted by Gasteiger charge is 2.27. The lowest BCUT2D eigenvalue weighted by Gasteiger charge is -2.34. The predicted molar refractivity (Wildman–Crippen MR) is 113 cm³/mol. The Hall–Kier alpha value is -3.25. The van der Waals surface area contributed by atoms with E-state index in [1.54, 1.807) is 6.07 Å². The van der Waals surface area contributed by atoms with E-state index >= 15 is 0 Å². The van der Waals surface area contributed by atoms with Gasteiger partial charge in [0.2, 0.25) is 0 Å². The second-order valence-electron chi connectivity index (χ2n) is 7.28. The molecule has 2 N–H and O–H groups in total. The summed E-state index contributed by atoms with van der Waals surface area (Å²) >= 11 is 0. The maximum Gasteiger partial charge on any atom is 0.276 e. The largest absolute Gasteiger partial charge is 0.388 e. The number of nitrogens with one attached hydrogen (secondary N) is 1. The number of carbonyl (C=O) groups excluding carboxylic acids is 1. The third kappa shape index (κ3) is 4.60. The lowest BCUT2D eigenvalue weighted by molar-refractivity contribution is 0.0928. The Labute approximate surface area is 170 Å². The molecule has 1 aliphatic rings. The van der Waals surface area contributed by atoms with Crippen molar-refractivity contribution in [1.29, 1.82) is 0 Å². The molecule has 2 heterocycles. The number of carbonyl (C=O) groups is 1. The summed E-state index contributed by atoms with van der Waals surface area (Å²) in [5, 5.41) is 21.8. The Kier molecular flexibility index (Phi) is 5.81. The van der Waals surface area contributed by atoms with Gasteiger partial charge in [0.15, 0.2) is 11.5 Å². The number of rotatable bonds is 5. The molecule has 29 heavy (non-hydrogen) atoms. The molecule has 0 saturated carbocycles. The number of aliphatic hydroxyl groups excluding tert-OH is 1. The van der Waals surface area contributed by atoms with E-state index in [4.69, 9.17) is 0 Å². The van der Waals surface area contributed by atoms with Crippen LogP contribution >= 0.6 is 0 Å². The molecule has 4 rings (SSSR count). The first-order valence-corrected chi connectivity index (χ1v) is 9.89. The van der Waals surface area contributed by atoms with Crippen LogP contribution in [0, 0.1) is 5.92 Å². The zero-order valence-corrected chi connectivity index (χ0v) is 16.1. The van der Waals surface area contributed by atoms with Crippen LogP contribution in [0.5, 0.6) is 0 Å². The molecule has 0 spiro atoms. The number of anilines is 2. The SMILES string of the molecule is O=C(Nc1ccccc1)c1ccc(N2CCC(C(O)c3ccccc3)CC2)nn1. The molecule has 6 nitrogen and oxygen atoms in total. The molecule has 1 saturated heterocycles. The standard InChI is InChI=1S/C23H24N4O2/c28-22(17-7-3-1-4-8-17)18-13-15-27(16-14-18)21-12-11-20(25-26-21)23(29)24-19-9-5-2-6-10-19/h1-12,18,22,28H,13-16H2,(H,24,29). The maximum atomic E-state index is 12.3. The van der Waals surface area contributed by atoms with E-state index in [-0.39, 0.29) is 17.5 Å². The van der Waals surface area contributed by atoms with Crippen LogP contribution in [0.3, 0.4) is 0 Å². The van der Waals surface area contributed by atoms with Crippen molar-refractivity contribution >= 4 is 17.4 Å². The number of aliphatic hydroxyl groups is 1. The van der Waals surface area contributed by atoms with Crippen LogP contribution < -0.4 is 10.2 Å². The van der Waals surface area contributed by atoms with Crippen molar-refractivity contribution in [3.8, 4) is 0 Å². The van der Waals surface area contributed by atoms with Crippen LogP contribution in [0.15, 0.2) is 72.8 Å². The van der Waals surface area contributed by atoms with Crippen LogP contribution in [0.4, 0.5) is 11.5 Å². The van der Waals surface area contributed by atoms with E-state index in [0.29, 0.717) is 0 Å². The van der Waals surface area contributed by atoms with Crippen molar-refractivity contribution in [2.45, 2.75) is 18.9 Å². The molecule has 0 bridgehead atoms. The van der Waals surface area contributed by atoms with E-state index in [9.17, 15) is 9.90 Å². The highest BCUT2D eigenvalue weighted by molar-refractivity contribution is 6.02. The van der Waals surface area contributed by atoms with Crippen molar-refractivity contribution in [2.24, 2.45) is 5.92 Å². The van der Waals surface area contributed by atoms with Crippen molar-refractivity contribution in [1.82, 2.24) is 10.2 Å². The highest BCUT2D eigenvalue weighted by Crippen LogP contribution is 2.31. The maximum absolute atomic E-state index is 12.3. The average Bonchev–Trinajstić information content (AvgIpc) is 2.80. The molecule has 0 aliphatic carbocycles. The average molecular weight is 388 g/mol. The number of hydrogen-bond donors (Lipinski definition) is 2. The van der Waals surface area contributed by atoms with E-state index < -0.39 is 6.10 Å². The first-order valence-electron chi connectivity index (χ1n) is 9.89. The highest BCUT2D eigenvalue weighted by atomic mass is 16.3. The van der Waals surface area contributed by atoms with Gasteiger partial charge in [-0.1, -0.05) is 48.5 Å². The molecule has 1 atom stereocenters. The van der Waals surface area contributed by atoms with Crippen LogP contribution in [0.1, 0.15) is 35.0 Å². The summed E-state index contributed by atoms with van der Waals surface area (Å²) in [6.07, 6.45) is 1.33. The fourth-order valence-corrected chi connectivity index (χ4v) is 3.70. The minimum atomic E-state index is -0.437. The lowest BCUT2D eigenvalue weighted by atomic mass is 9.87. The van der Waals surface area contributed by atoms with Gasteiger partial charge in [0, 0.05) is 18.8 Å². The normalized spacial score (nSPS) is 15.7. The molecule has 3 aromatic rings. The zero-order valence-electron chi connectivity index (χ0n) is 16.1. The van der Waals surface area contributed by atoms with Gasteiger partial charge in [0.05, 0.1) is 6.10 Å². The van der Waals surface area contributed by atoms with Crippen molar-refractivity contribution in [3.63, 3.8) is 0 Å². The smallest absolute Gasteiger partial charge is 0.276 e. The summed E-state index contributed by atoms with van der Waals surface area (Å²) in [5.74, 6) is 0.714. The Morgan fingerprint density at radius 1 is 0.931 bits per heavy atom. The molecule has 2 aromatic carbocycles. The van der Waals surface area contributed by atoms with Crippen LogP contribution in [-0.4, -0.2) is 34.3 Å². The fourth-order valence-electron chi connectivity index (χ4n) is 3.70. The minimum Gasteiger partial charge on any atom is -0.388 e. The molecule has 1 unspecified atom stereocenters. The number of hydrogen-bond acceptors (Lipinski definition) is 5. The third-order valence-electron chi connectivity index (χ3n) is 5.37. The molecule has 1 amide bonds. The Morgan fingerprint density at radius 2 is 1.59 bits per heavy atom. The third-order valence-corrected chi connectivity index (χ3v) is 5.37. The number of piperidine rings is 1. The molecule has 1 aliphatic heterocycles. The number of aromatic nitrogens is 2. The summed E-state index contributed by atoms with van der Waals surface area (Å²) in [5.41, 5.74) is 1.98. The van der Waals surface area contributed by atoms with Crippen LogP contribution in [0.25, 0.3) is 0 Å². The lowest BCUT2D eigenvalue weighted by Crippen LogP contribution is -2.36. The predicted octanol–water partition coefficient (Wildman–Crippen LogP) is 3.68. The van der Waals surface area contributed by atoms with Crippen molar-refractivity contribution in [2.75, 3.05) is 23.3 Å². The molecule has 1 aromatic heterocycles. The first-order chi connectivity index (χ1) is 14.2. The van der Waals surface area contributed by atoms with Crippen molar-refractivity contribution < 1.29 is 9.90 Å². The van der Waals surface area contributed by atoms with E-state index in [2.05, 4.69) is 20.4 Å².